The van der Waals surface area contributed by atoms with E-state index in [4.69, 9.17) is 0 Å². The van der Waals surface area contributed by atoms with Gasteiger partial charge in [0.15, 0.2) is 0 Å². The summed E-state index contributed by atoms with van der Waals surface area (Å²) in [5.74, 6) is -0.166. The number of hydrogen-bond acceptors (Lipinski definition) is 2. The highest BCUT2D eigenvalue weighted by Gasteiger charge is 2.14. The van der Waals surface area contributed by atoms with Crippen LogP contribution in [-0.2, 0) is 0 Å². The minimum Gasteiger partial charge on any atom is -0.310 e. The molecule has 0 saturated heterocycles. The topological polar surface area (TPSA) is 15.3 Å². The van der Waals surface area contributed by atoms with Crippen molar-refractivity contribution in [1.82, 2.24) is 10.2 Å². The molecule has 0 saturated carbocycles. The number of nitrogens with zero attached hydrogens (tertiary/aromatic N) is 1. The molecule has 0 radical (unpaired) electrons. The van der Waals surface area contributed by atoms with Gasteiger partial charge in [-0.2, -0.15) is 0 Å². The van der Waals surface area contributed by atoms with Gasteiger partial charge in [-0.05, 0) is 57.5 Å². The summed E-state index contributed by atoms with van der Waals surface area (Å²) in [6, 6.07) is 7.78. The fraction of sp³-hybridized carbons (Fsp3) is 0.647. The summed E-state index contributed by atoms with van der Waals surface area (Å²) in [7, 11) is 0. The first kappa shape index (κ1) is 17.1. The Morgan fingerprint density at radius 1 is 1.15 bits per heavy atom. The van der Waals surface area contributed by atoms with E-state index >= 15 is 0 Å². The third kappa shape index (κ3) is 5.59. The highest BCUT2D eigenvalue weighted by atomic mass is 19.1. The van der Waals surface area contributed by atoms with Crippen LogP contribution in [0.1, 0.15) is 52.1 Å². The average Bonchev–Trinajstić information content (AvgIpc) is 2.43. The first-order chi connectivity index (χ1) is 9.58. The van der Waals surface area contributed by atoms with Crippen molar-refractivity contribution < 1.29 is 4.39 Å². The molecule has 20 heavy (non-hydrogen) atoms. The van der Waals surface area contributed by atoms with Crippen molar-refractivity contribution in [1.29, 1.82) is 0 Å². The van der Waals surface area contributed by atoms with Crippen molar-refractivity contribution in [3.05, 3.63) is 35.6 Å². The van der Waals surface area contributed by atoms with E-state index in [0.717, 1.165) is 32.5 Å². The van der Waals surface area contributed by atoms with Gasteiger partial charge in [-0.25, -0.2) is 4.39 Å². The number of nitrogens with one attached hydrogen (secondary N) is 1. The van der Waals surface area contributed by atoms with Crippen LogP contribution >= 0.6 is 0 Å². The molecular weight excluding hydrogens is 251 g/mol. The fourth-order valence-electron chi connectivity index (χ4n) is 2.48. The van der Waals surface area contributed by atoms with Crippen LogP contribution in [0.3, 0.4) is 0 Å². The summed E-state index contributed by atoms with van der Waals surface area (Å²) < 4.78 is 13.0. The zero-order valence-electron chi connectivity index (χ0n) is 13.3. The zero-order chi connectivity index (χ0) is 15.0. The maximum Gasteiger partial charge on any atom is 0.123 e. The molecule has 3 heteroatoms. The van der Waals surface area contributed by atoms with Crippen LogP contribution in [0.4, 0.5) is 4.39 Å². The van der Waals surface area contributed by atoms with Gasteiger partial charge in [0.1, 0.15) is 5.82 Å². The Morgan fingerprint density at radius 3 is 2.30 bits per heavy atom. The average molecular weight is 280 g/mol. The van der Waals surface area contributed by atoms with Gasteiger partial charge in [0.05, 0.1) is 0 Å². The lowest BCUT2D eigenvalue weighted by Gasteiger charge is -2.28. The third-order valence-corrected chi connectivity index (χ3v) is 3.75. The molecule has 0 amide bonds. The second-order valence-electron chi connectivity index (χ2n) is 5.57. The van der Waals surface area contributed by atoms with E-state index in [9.17, 15) is 4.39 Å². The highest BCUT2D eigenvalue weighted by molar-refractivity contribution is 5.20. The minimum atomic E-state index is -0.166. The van der Waals surface area contributed by atoms with E-state index in [-0.39, 0.29) is 5.82 Å². The fourth-order valence-corrected chi connectivity index (χ4v) is 2.48. The first-order valence-corrected chi connectivity index (χ1v) is 7.81. The Balaban J connectivity index is 2.66. The molecule has 0 bridgehead atoms. The van der Waals surface area contributed by atoms with Crippen molar-refractivity contribution >= 4 is 0 Å². The van der Waals surface area contributed by atoms with Crippen molar-refractivity contribution in [3.8, 4) is 0 Å². The quantitative estimate of drug-likeness (QED) is 0.736. The van der Waals surface area contributed by atoms with Crippen LogP contribution < -0.4 is 5.32 Å². The van der Waals surface area contributed by atoms with Gasteiger partial charge >= 0.3 is 0 Å². The lowest BCUT2D eigenvalue weighted by molar-refractivity contribution is 0.220. The summed E-state index contributed by atoms with van der Waals surface area (Å²) in [4.78, 5) is 2.46. The van der Waals surface area contributed by atoms with E-state index in [0.29, 0.717) is 12.1 Å². The Hall–Kier alpha value is -0.930. The molecule has 0 fully saturated rings. The number of halogens is 1. The van der Waals surface area contributed by atoms with Gasteiger partial charge in [0, 0.05) is 18.6 Å². The zero-order valence-corrected chi connectivity index (χ0v) is 13.3. The van der Waals surface area contributed by atoms with Crippen LogP contribution in [0.5, 0.6) is 0 Å². The van der Waals surface area contributed by atoms with Crippen molar-refractivity contribution in [3.63, 3.8) is 0 Å². The molecule has 1 rings (SSSR count). The minimum absolute atomic E-state index is 0.166. The van der Waals surface area contributed by atoms with Crippen LogP contribution in [0.25, 0.3) is 0 Å². The molecule has 0 aliphatic heterocycles. The molecule has 1 aromatic rings. The molecular formula is C17H29FN2. The van der Waals surface area contributed by atoms with E-state index < -0.39 is 0 Å². The largest absolute Gasteiger partial charge is 0.310 e. The molecule has 0 aromatic heterocycles. The molecule has 1 N–H and O–H groups in total. The summed E-state index contributed by atoms with van der Waals surface area (Å²) in [6.45, 7) is 12.0. The third-order valence-electron chi connectivity index (χ3n) is 3.75. The molecule has 0 aliphatic carbocycles. The molecule has 0 heterocycles. The maximum absolute atomic E-state index is 13.0. The first-order valence-electron chi connectivity index (χ1n) is 7.81. The Morgan fingerprint density at radius 2 is 1.80 bits per heavy atom. The predicted octanol–water partition coefficient (Wildman–Crippen LogP) is 3.99. The second-order valence-corrected chi connectivity index (χ2v) is 5.57. The summed E-state index contributed by atoms with van der Waals surface area (Å²) >= 11 is 0. The van der Waals surface area contributed by atoms with E-state index in [1.165, 1.54) is 5.56 Å². The summed E-state index contributed by atoms with van der Waals surface area (Å²) in [5, 5.41) is 3.57. The Labute approximate surface area is 123 Å². The van der Waals surface area contributed by atoms with E-state index in [1.54, 1.807) is 12.1 Å². The normalized spacial score (nSPS) is 13.2. The Bertz CT molecular complexity index is 362. The molecule has 114 valence electrons. The van der Waals surface area contributed by atoms with Crippen LogP contribution in [0.15, 0.2) is 24.3 Å². The van der Waals surface area contributed by atoms with Crippen molar-refractivity contribution in [2.24, 2.45) is 0 Å². The van der Waals surface area contributed by atoms with Gasteiger partial charge in [-0.1, -0.05) is 26.0 Å². The van der Waals surface area contributed by atoms with Crippen molar-refractivity contribution in [2.45, 2.75) is 52.6 Å². The maximum atomic E-state index is 13.0. The molecule has 2 nitrogen and oxygen atoms in total. The summed E-state index contributed by atoms with van der Waals surface area (Å²) in [6.07, 6.45) is 2.16. The monoisotopic (exact) mass is 280 g/mol. The molecule has 0 aliphatic rings. The molecule has 1 unspecified atom stereocenters. The van der Waals surface area contributed by atoms with Gasteiger partial charge in [-0.15, -0.1) is 0 Å². The smallest absolute Gasteiger partial charge is 0.123 e. The highest BCUT2D eigenvalue weighted by Crippen LogP contribution is 2.18. The van der Waals surface area contributed by atoms with Gasteiger partial charge in [-0.3, -0.25) is 0 Å². The standard InChI is InChI=1S/C17H29FN2/c1-5-12-19-17(11-13-20(6-2)14(3)4)15-7-9-16(18)10-8-15/h7-10,14,17,19H,5-6,11-13H2,1-4H3. The SMILES string of the molecule is CCCNC(CCN(CC)C(C)C)c1ccc(F)cc1. The lowest BCUT2D eigenvalue weighted by atomic mass is 10.0. The lowest BCUT2D eigenvalue weighted by Crippen LogP contribution is -2.34. The molecule has 1 atom stereocenters. The van der Waals surface area contributed by atoms with E-state index in [2.05, 4.69) is 37.9 Å². The summed E-state index contributed by atoms with van der Waals surface area (Å²) in [5.41, 5.74) is 1.18. The van der Waals surface area contributed by atoms with Crippen LogP contribution in [0, 0.1) is 5.82 Å². The Kier molecular flexibility index (Phi) is 7.78. The van der Waals surface area contributed by atoms with E-state index in [1.807, 2.05) is 12.1 Å². The number of rotatable bonds is 9. The predicted molar refractivity (Wildman–Crippen MR) is 84.4 cm³/mol. The number of hydrogen-bond donors (Lipinski definition) is 1. The van der Waals surface area contributed by atoms with Crippen LogP contribution in [-0.4, -0.2) is 30.6 Å². The number of benzene rings is 1. The van der Waals surface area contributed by atoms with Gasteiger partial charge in [0.25, 0.3) is 0 Å². The molecule has 0 spiro atoms. The van der Waals surface area contributed by atoms with Gasteiger partial charge in [0.2, 0.25) is 0 Å². The van der Waals surface area contributed by atoms with Gasteiger partial charge < -0.3 is 10.2 Å². The van der Waals surface area contributed by atoms with Crippen LogP contribution in [0.2, 0.25) is 0 Å². The molecule has 1 aromatic carbocycles. The van der Waals surface area contributed by atoms with Crippen molar-refractivity contribution in [2.75, 3.05) is 19.6 Å². The second kappa shape index (κ2) is 9.09.